The molecular weight excluding hydrogens is 506 g/mol. The van der Waals surface area contributed by atoms with Crippen LogP contribution in [0.4, 0.5) is 0 Å². The first-order valence-corrected chi connectivity index (χ1v) is 14.1. The summed E-state index contributed by atoms with van der Waals surface area (Å²) in [4.78, 5) is 37.4. The molecule has 214 valence electrons. The van der Waals surface area contributed by atoms with Crippen LogP contribution in [0.2, 0.25) is 0 Å². The second kappa shape index (κ2) is 16.5. The number of nitrogens with one attached hydrogen (secondary N) is 2. The fourth-order valence-electron chi connectivity index (χ4n) is 4.61. The van der Waals surface area contributed by atoms with Gasteiger partial charge in [-0.2, -0.15) is 0 Å². The average molecular weight is 550 g/mol. The van der Waals surface area contributed by atoms with Crippen molar-refractivity contribution in [1.29, 1.82) is 0 Å². The number of nitrogens with zero attached hydrogens (tertiary/aromatic N) is 1. The largest absolute Gasteiger partial charge is 0.394 e. The summed E-state index contributed by atoms with van der Waals surface area (Å²) < 4.78 is 5.67. The Hall–Kier alpha value is -1.48. The first-order valence-electron chi connectivity index (χ1n) is 13.0. The summed E-state index contributed by atoms with van der Waals surface area (Å²) in [6.45, 7) is 1.52. The van der Waals surface area contributed by atoms with Gasteiger partial charge in [0.25, 0.3) is 0 Å². The van der Waals surface area contributed by atoms with E-state index in [0.29, 0.717) is 50.8 Å². The molecule has 12 nitrogen and oxygen atoms in total. The van der Waals surface area contributed by atoms with E-state index in [1.807, 2.05) is 0 Å². The standard InChI is InChI=1S/C24H43N3O9S/c1-15(30)26-21-23(35)22(34)18(14-29)36-24(21)37-10-6-4-7-19(32)25-9-5-2-3-8-20(33)27-12-17(31)11-16(27)13-28/h16-18,21-24,28-29,31,34-35H,2-14H2,1H3,(H,25,32)(H,26,30)/t16-,17+,18?,21?,22?,23?,24?/m0/s1. The Morgan fingerprint density at radius 1 is 0.973 bits per heavy atom. The van der Waals surface area contributed by atoms with Crippen LogP contribution in [0.5, 0.6) is 0 Å². The summed E-state index contributed by atoms with van der Waals surface area (Å²) in [7, 11) is 0. The quantitative estimate of drug-likeness (QED) is 0.118. The molecule has 2 heterocycles. The lowest BCUT2D eigenvalue weighted by molar-refractivity contribution is -0.173. The predicted octanol–water partition coefficient (Wildman–Crippen LogP) is -1.54. The smallest absolute Gasteiger partial charge is 0.222 e. The van der Waals surface area contributed by atoms with Gasteiger partial charge in [-0.15, -0.1) is 11.8 Å². The number of aliphatic hydroxyl groups excluding tert-OH is 5. The molecule has 0 aromatic heterocycles. The van der Waals surface area contributed by atoms with Crippen molar-refractivity contribution >= 4 is 29.5 Å². The van der Waals surface area contributed by atoms with E-state index in [2.05, 4.69) is 10.6 Å². The van der Waals surface area contributed by atoms with Crippen molar-refractivity contribution in [3.8, 4) is 0 Å². The maximum Gasteiger partial charge on any atom is 0.222 e. The number of carbonyl (C=O) groups excluding carboxylic acids is 3. The van der Waals surface area contributed by atoms with E-state index in [0.717, 1.165) is 12.8 Å². The number of β-amino-alcohol motifs (C(OH)–C–C–N with tert-alkyl or cyclic N) is 1. The molecule has 2 rings (SSSR count). The van der Waals surface area contributed by atoms with E-state index < -0.39 is 42.5 Å². The zero-order valence-corrected chi connectivity index (χ0v) is 22.3. The monoisotopic (exact) mass is 549 g/mol. The first kappa shape index (κ1) is 31.7. The predicted molar refractivity (Wildman–Crippen MR) is 136 cm³/mol. The molecular formula is C24H43N3O9S. The van der Waals surface area contributed by atoms with Gasteiger partial charge in [0.1, 0.15) is 23.7 Å². The zero-order valence-electron chi connectivity index (χ0n) is 21.5. The van der Waals surface area contributed by atoms with Crippen molar-refractivity contribution in [2.24, 2.45) is 0 Å². The van der Waals surface area contributed by atoms with Gasteiger partial charge in [-0.1, -0.05) is 6.42 Å². The molecule has 0 aromatic rings. The molecule has 2 aliphatic rings. The minimum absolute atomic E-state index is 0.0538. The SMILES string of the molecule is CC(=O)NC1C(SCCCCC(=O)NCCCCCC(=O)N2C[C@H](O)C[C@H]2CO)OC(CO)C(O)C1O. The number of carbonyl (C=O) groups is 3. The Balaban J connectivity index is 1.55. The van der Waals surface area contributed by atoms with Gasteiger partial charge in [0.15, 0.2) is 0 Å². The fourth-order valence-corrected chi connectivity index (χ4v) is 5.87. The van der Waals surface area contributed by atoms with Crippen LogP contribution in [-0.4, -0.2) is 122 Å². The maximum absolute atomic E-state index is 12.3. The van der Waals surface area contributed by atoms with Crippen molar-refractivity contribution in [3.05, 3.63) is 0 Å². The van der Waals surface area contributed by atoms with Gasteiger partial charge in [-0.3, -0.25) is 14.4 Å². The summed E-state index contributed by atoms with van der Waals surface area (Å²) in [6.07, 6.45) is 0.629. The van der Waals surface area contributed by atoms with Crippen LogP contribution in [0.25, 0.3) is 0 Å². The maximum atomic E-state index is 12.3. The molecule has 0 aliphatic carbocycles. The van der Waals surface area contributed by atoms with Crippen LogP contribution < -0.4 is 10.6 Å². The molecule has 2 saturated heterocycles. The Kier molecular flexibility index (Phi) is 14.1. The number of likely N-dealkylation sites (tertiary alicyclic amines) is 1. The second-order valence-electron chi connectivity index (χ2n) is 9.69. The molecule has 0 spiro atoms. The summed E-state index contributed by atoms with van der Waals surface area (Å²) >= 11 is 1.35. The van der Waals surface area contributed by atoms with Crippen molar-refractivity contribution < 1.29 is 44.7 Å². The fraction of sp³-hybridized carbons (Fsp3) is 0.875. The Bertz CT molecular complexity index is 732. The van der Waals surface area contributed by atoms with E-state index in [1.165, 1.54) is 18.7 Å². The lowest BCUT2D eigenvalue weighted by Crippen LogP contribution is -2.63. The van der Waals surface area contributed by atoms with Gasteiger partial charge in [-0.25, -0.2) is 0 Å². The molecule has 0 radical (unpaired) electrons. The van der Waals surface area contributed by atoms with Gasteiger partial charge < -0.3 is 45.8 Å². The molecule has 2 fully saturated rings. The Labute approximate surface area is 222 Å². The number of amides is 3. The van der Waals surface area contributed by atoms with E-state index in [4.69, 9.17) is 4.74 Å². The van der Waals surface area contributed by atoms with E-state index in [1.54, 1.807) is 4.90 Å². The van der Waals surface area contributed by atoms with Gasteiger partial charge in [0, 0.05) is 32.9 Å². The molecule has 0 aromatic carbocycles. The molecule has 37 heavy (non-hydrogen) atoms. The molecule has 7 N–H and O–H groups in total. The lowest BCUT2D eigenvalue weighted by atomic mass is 9.98. The van der Waals surface area contributed by atoms with Gasteiger partial charge in [0.2, 0.25) is 17.7 Å². The van der Waals surface area contributed by atoms with Crippen LogP contribution in [-0.2, 0) is 19.1 Å². The van der Waals surface area contributed by atoms with Crippen LogP contribution in [0.1, 0.15) is 58.3 Å². The third kappa shape index (κ3) is 10.3. The van der Waals surface area contributed by atoms with E-state index in [-0.39, 0.29) is 36.9 Å². The number of hydrogen-bond donors (Lipinski definition) is 7. The molecule has 0 saturated carbocycles. The van der Waals surface area contributed by atoms with E-state index in [9.17, 15) is 39.9 Å². The number of aliphatic hydroxyl groups is 5. The average Bonchev–Trinajstić information content (AvgIpc) is 3.25. The van der Waals surface area contributed by atoms with Gasteiger partial charge >= 0.3 is 0 Å². The number of hydrogen-bond acceptors (Lipinski definition) is 10. The molecule has 2 aliphatic heterocycles. The topological polar surface area (TPSA) is 189 Å². The Morgan fingerprint density at radius 2 is 1.70 bits per heavy atom. The van der Waals surface area contributed by atoms with Crippen molar-refractivity contribution in [3.63, 3.8) is 0 Å². The second-order valence-corrected chi connectivity index (χ2v) is 10.9. The Morgan fingerprint density at radius 3 is 2.38 bits per heavy atom. The molecule has 0 bridgehead atoms. The summed E-state index contributed by atoms with van der Waals surface area (Å²) in [5, 5.41) is 54.2. The van der Waals surface area contributed by atoms with E-state index >= 15 is 0 Å². The minimum atomic E-state index is -1.30. The number of ether oxygens (including phenoxy) is 1. The van der Waals surface area contributed by atoms with Gasteiger partial charge in [-0.05, 0) is 37.9 Å². The highest BCUT2D eigenvalue weighted by Crippen LogP contribution is 2.29. The van der Waals surface area contributed by atoms with Crippen molar-refractivity contribution in [2.75, 3.05) is 32.1 Å². The molecule has 3 amide bonds. The van der Waals surface area contributed by atoms with Crippen LogP contribution in [0, 0.1) is 0 Å². The first-order chi connectivity index (χ1) is 17.7. The highest BCUT2D eigenvalue weighted by Gasteiger charge is 2.44. The lowest BCUT2D eigenvalue weighted by Gasteiger charge is -2.42. The van der Waals surface area contributed by atoms with Crippen LogP contribution >= 0.6 is 11.8 Å². The third-order valence-corrected chi connectivity index (χ3v) is 7.90. The highest BCUT2D eigenvalue weighted by atomic mass is 32.2. The zero-order chi connectivity index (χ0) is 27.4. The highest BCUT2D eigenvalue weighted by molar-refractivity contribution is 7.99. The normalized spacial score (nSPS) is 29.8. The summed E-state index contributed by atoms with van der Waals surface area (Å²) in [6, 6.07) is -1.11. The van der Waals surface area contributed by atoms with Crippen molar-refractivity contribution in [2.45, 2.75) is 100 Å². The van der Waals surface area contributed by atoms with Crippen molar-refractivity contribution in [1.82, 2.24) is 15.5 Å². The number of rotatable bonds is 15. The number of unbranched alkanes of at least 4 members (excludes halogenated alkanes) is 3. The third-order valence-electron chi connectivity index (χ3n) is 6.64. The minimum Gasteiger partial charge on any atom is -0.394 e. The van der Waals surface area contributed by atoms with Crippen LogP contribution in [0.3, 0.4) is 0 Å². The van der Waals surface area contributed by atoms with Gasteiger partial charge in [0.05, 0.1) is 31.4 Å². The molecule has 13 heteroatoms. The molecule has 7 atom stereocenters. The summed E-state index contributed by atoms with van der Waals surface area (Å²) in [5.74, 6) is 0.130. The number of thioether (sulfide) groups is 1. The van der Waals surface area contributed by atoms with Crippen LogP contribution in [0.15, 0.2) is 0 Å². The molecule has 5 unspecified atom stereocenters. The summed E-state index contributed by atoms with van der Waals surface area (Å²) in [5.41, 5.74) is -0.634.